The van der Waals surface area contributed by atoms with Gasteiger partial charge < -0.3 is 9.66 Å². The van der Waals surface area contributed by atoms with Gasteiger partial charge in [0, 0.05) is 5.56 Å². The number of carbonyl (C=O) groups is 1. The highest BCUT2D eigenvalue weighted by atomic mass is 32.2. The molecule has 0 unspecified atom stereocenters. The van der Waals surface area contributed by atoms with Gasteiger partial charge in [0.15, 0.2) is 5.78 Å². The van der Waals surface area contributed by atoms with Crippen molar-refractivity contribution in [3.63, 3.8) is 0 Å². The minimum absolute atomic E-state index is 0.292. The Balaban J connectivity index is 3.62. The van der Waals surface area contributed by atoms with E-state index in [1.807, 2.05) is 0 Å². The Morgan fingerprint density at radius 1 is 1.43 bits per heavy atom. The predicted molar refractivity (Wildman–Crippen MR) is 46.1 cm³/mol. The molecule has 1 aromatic rings. The molecule has 0 atom stereocenters. The summed E-state index contributed by atoms with van der Waals surface area (Å²) in [6, 6.07) is 3.50. The lowest BCUT2D eigenvalue weighted by Crippen LogP contribution is -2.06. The van der Waals surface area contributed by atoms with E-state index < -0.39 is 26.5 Å². The van der Waals surface area contributed by atoms with E-state index in [0.717, 1.165) is 13.0 Å². The third-order valence-corrected chi connectivity index (χ3v) is 2.55. The van der Waals surface area contributed by atoms with Crippen molar-refractivity contribution in [3.05, 3.63) is 23.8 Å². The standard InChI is InChI=1S/C8H8O5S/c1-5(9)6-3-2-4-7(10)8(6)14(11,12)13/h2-4,10H,1H3,(H,11,12,13)/p-1. The maximum absolute atomic E-state index is 11.0. The molecule has 1 N–H and O–H groups in total. The highest BCUT2D eigenvalue weighted by Gasteiger charge is 2.16. The summed E-state index contributed by atoms with van der Waals surface area (Å²) in [7, 11) is -4.83. The van der Waals surface area contributed by atoms with E-state index in [1.165, 1.54) is 12.1 Å². The molecule has 0 saturated heterocycles. The number of carbonyl (C=O) groups excluding carboxylic acids is 1. The van der Waals surface area contributed by atoms with Gasteiger partial charge in [-0.3, -0.25) is 4.79 Å². The van der Waals surface area contributed by atoms with E-state index in [4.69, 9.17) is 5.11 Å². The van der Waals surface area contributed by atoms with Gasteiger partial charge in [0.25, 0.3) is 0 Å². The number of ketones is 1. The maximum atomic E-state index is 11.0. The number of benzene rings is 1. The van der Waals surface area contributed by atoms with E-state index in [0.29, 0.717) is 0 Å². The normalized spacial score (nSPS) is 11.3. The van der Waals surface area contributed by atoms with Gasteiger partial charge in [0.2, 0.25) is 0 Å². The number of phenols is 1. The largest absolute Gasteiger partial charge is 0.744 e. The van der Waals surface area contributed by atoms with Crippen molar-refractivity contribution in [1.82, 2.24) is 0 Å². The van der Waals surface area contributed by atoms with Crippen LogP contribution in [0.5, 0.6) is 5.75 Å². The number of aromatic hydroxyl groups is 1. The molecule has 0 heterocycles. The molecule has 6 heteroatoms. The summed E-state index contributed by atoms with van der Waals surface area (Å²) in [6.07, 6.45) is 0. The summed E-state index contributed by atoms with van der Waals surface area (Å²) in [5.74, 6) is -1.29. The van der Waals surface area contributed by atoms with Gasteiger partial charge >= 0.3 is 0 Å². The first-order valence-electron chi connectivity index (χ1n) is 3.63. The minimum Gasteiger partial charge on any atom is -0.744 e. The summed E-state index contributed by atoms with van der Waals surface area (Å²) in [6.45, 7) is 1.11. The summed E-state index contributed by atoms with van der Waals surface area (Å²) in [5, 5.41) is 9.14. The predicted octanol–water partition coefficient (Wildman–Crippen LogP) is 0.499. The van der Waals surface area contributed by atoms with E-state index >= 15 is 0 Å². The highest BCUT2D eigenvalue weighted by Crippen LogP contribution is 2.26. The molecule has 0 radical (unpaired) electrons. The Kier molecular flexibility index (Phi) is 2.59. The summed E-state index contributed by atoms with van der Waals surface area (Å²) < 4.78 is 32.1. The van der Waals surface area contributed by atoms with Gasteiger partial charge in [0.05, 0.1) is 0 Å². The zero-order chi connectivity index (χ0) is 10.9. The second kappa shape index (κ2) is 3.39. The highest BCUT2D eigenvalue weighted by molar-refractivity contribution is 7.86. The van der Waals surface area contributed by atoms with Gasteiger partial charge in [-0.15, -0.1) is 0 Å². The molecule has 14 heavy (non-hydrogen) atoms. The number of Topliss-reactive ketones (excluding diaryl/α,β-unsaturated/α-hetero) is 1. The third kappa shape index (κ3) is 1.91. The fourth-order valence-electron chi connectivity index (χ4n) is 1.06. The average Bonchev–Trinajstić information content (AvgIpc) is 2.01. The molecule has 0 fully saturated rings. The minimum atomic E-state index is -4.83. The molecule has 0 spiro atoms. The van der Waals surface area contributed by atoms with Crippen molar-refractivity contribution in [1.29, 1.82) is 0 Å². The second-order valence-corrected chi connectivity index (χ2v) is 3.98. The first kappa shape index (κ1) is 10.7. The summed E-state index contributed by atoms with van der Waals surface area (Å²) in [5.41, 5.74) is -0.292. The van der Waals surface area contributed by atoms with Crippen molar-refractivity contribution >= 4 is 15.9 Å². The molecular weight excluding hydrogens is 208 g/mol. The average molecular weight is 215 g/mol. The lowest BCUT2D eigenvalue weighted by Gasteiger charge is -2.12. The first-order valence-corrected chi connectivity index (χ1v) is 5.03. The van der Waals surface area contributed by atoms with Crippen LogP contribution in [-0.2, 0) is 10.1 Å². The van der Waals surface area contributed by atoms with Crippen LogP contribution in [0.3, 0.4) is 0 Å². The van der Waals surface area contributed by atoms with E-state index in [-0.39, 0.29) is 5.56 Å². The number of hydrogen-bond acceptors (Lipinski definition) is 5. The van der Waals surface area contributed by atoms with E-state index in [1.54, 1.807) is 0 Å². The van der Waals surface area contributed by atoms with Crippen LogP contribution in [0.1, 0.15) is 17.3 Å². The zero-order valence-corrected chi connectivity index (χ0v) is 8.04. The number of hydrogen-bond donors (Lipinski definition) is 1. The van der Waals surface area contributed by atoms with Crippen LogP contribution in [0.25, 0.3) is 0 Å². The fraction of sp³-hybridized carbons (Fsp3) is 0.125. The molecule has 0 aliphatic carbocycles. The van der Waals surface area contributed by atoms with Crippen LogP contribution in [0.15, 0.2) is 23.1 Å². The van der Waals surface area contributed by atoms with Crippen molar-refractivity contribution in [2.45, 2.75) is 11.8 Å². The van der Waals surface area contributed by atoms with Crippen LogP contribution in [0, 0.1) is 0 Å². The smallest absolute Gasteiger partial charge is 0.161 e. The van der Waals surface area contributed by atoms with Gasteiger partial charge in [-0.2, -0.15) is 0 Å². The van der Waals surface area contributed by atoms with Crippen molar-refractivity contribution < 1.29 is 22.9 Å². The second-order valence-electron chi connectivity index (χ2n) is 2.66. The Morgan fingerprint density at radius 3 is 2.36 bits per heavy atom. The lowest BCUT2D eigenvalue weighted by atomic mass is 10.1. The number of rotatable bonds is 2. The molecule has 1 aromatic carbocycles. The molecule has 5 nitrogen and oxygen atoms in total. The monoisotopic (exact) mass is 215 g/mol. The van der Waals surface area contributed by atoms with Crippen LogP contribution in [-0.4, -0.2) is 23.9 Å². The molecule has 0 aliphatic rings. The molecule has 0 aromatic heterocycles. The van der Waals surface area contributed by atoms with Crippen molar-refractivity contribution in [2.75, 3.05) is 0 Å². The molecule has 0 bridgehead atoms. The molecular formula is C8H7O5S-. The van der Waals surface area contributed by atoms with Gasteiger partial charge in [-0.1, -0.05) is 6.07 Å². The summed E-state index contributed by atoms with van der Waals surface area (Å²) in [4.78, 5) is 10.1. The molecule has 0 amide bonds. The first-order chi connectivity index (χ1) is 6.34. The van der Waals surface area contributed by atoms with Gasteiger partial charge in [0.1, 0.15) is 20.8 Å². The Morgan fingerprint density at radius 2 is 2.00 bits per heavy atom. The van der Waals surface area contributed by atoms with E-state index in [2.05, 4.69) is 0 Å². The zero-order valence-electron chi connectivity index (χ0n) is 7.22. The Hall–Kier alpha value is -1.40. The lowest BCUT2D eigenvalue weighted by molar-refractivity contribution is 0.101. The molecule has 0 saturated carbocycles. The maximum Gasteiger partial charge on any atom is 0.161 e. The molecule has 1 rings (SSSR count). The molecule has 0 aliphatic heterocycles. The van der Waals surface area contributed by atoms with Crippen LogP contribution < -0.4 is 0 Å². The van der Waals surface area contributed by atoms with Gasteiger partial charge in [-0.05, 0) is 19.1 Å². The van der Waals surface area contributed by atoms with Crippen LogP contribution >= 0.6 is 0 Å². The van der Waals surface area contributed by atoms with Crippen LogP contribution in [0.4, 0.5) is 0 Å². The fourth-order valence-corrected chi connectivity index (χ4v) is 1.87. The van der Waals surface area contributed by atoms with E-state index in [9.17, 15) is 17.8 Å². The SMILES string of the molecule is CC(=O)c1cccc(O)c1S(=O)(=O)[O-]. The number of phenolic OH excluding ortho intramolecular Hbond substituents is 1. The topological polar surface area (TPSA) is 94.5 Å². The summed E-state index contributed by atoms with van der Waals surface area (Å²) >= 11 is 0. The third-order valence-electron chi connectivity index (χ3n) is 1.62. The Labute approximate surface area is 80.7 Å². The molecule has 76 valence electrons. The quantitative estimate of drug-likeness (QED) is 0.572. The van der Waals surface area contributed by atoms with Crippen molar-refractivity contribution in [3.8, 4) is 5.75 Å². The van der Waals surface area contributed by atoms with Crippen LogP contribution in [0.2, 0.25) is 0 Å². The Bertz CT molecular complexity index is 475. The van der Waals surface area contributed by atoms with Gasteiger partial charge in [-0.25, -0.2) is 8.42 Å². The van der Waals surface area contributed by atoms with Crippen molar-refractivity contribution in [2.24, 2.45) is 0 Å².